The molecular weight excluding hydrogens is 312 g/mol. The molecule has 1 heterocycles. The largest absolute Gasteiger partial charge is 0.508 e. The third-order valence-corrected chi connectivity index (χ3v) is 4.67. The van der Waals surface area contributed by atoms with Crippen molar-refractivity contribution in [2.45, 2.75) is 6.54 Å². The Morgan fingerprint density at radius 3 is 2.43 bits per heavy atom. The number of phenolic OH excluding ortho intramolecular Hbond substituents is 1. The number of para-hydroxylation sites is 1. The van der Waals surface area contributed by atoms with Gasteiger partial charge >= 0.3 is 0 Å². The van der Waals surface area contributed by atoms with Gasteiger partial charge in [-0.05, 0) is 29.8 Å². The average molecular weight is 328 g/mol. The van der Waals surface area contributed by atoms with E-state index in [1.54, 1.807) is 24.4 Å². The van der Waals surface area contributed by atoms with Gasteiger partial charge in [0.2, 0.25) is 10.0 Å². The van der Waals surface area contributed by atoms with E-state index < -0.39 is 10.0 Å². The summed E-state index contributed by atoms with van der Waals surface area (Å²) in [5, 5.41) is 10.2. The fourth-order valence-electron chi connectivity index (χ4n) is 2.44. The maximum absolute atomic E-state index is 12.3. The van der Waals surface area contributed by atoms with Crippen LogP contribution in [0.15, 0.2) is 60.8 Å². The highest BCUT2D eigenvalue weighted by Gasteiger charge is 2.20. The molecule has 0 fully saturated rings. The lowest BCUT2D eigenvalue weighted by Crippen LogP contribution is -2.29. The zero-order valence-corrected chi connectivity index (χ0v) is 13.4. The molecule has 0 bridgehead atoms. The first-order valence-corrected chi connectivity index (χ1v) is 8.89. The van der Waals surface area contributed by atoms with E-state index in [4.69, 9.17) is 0 Å². The maximum Gasteiger partial charge on any atom is 0.232 e. The molecular formula is C17H16N2O3S. The van der Waals surface area contributed by atoms with Crippen LogP contribution in [0.2, 0.25) is 0 Å². The number of fused-ring (bicyclic) bond motifs is 1. The lowest BCUT2D eigenvalue weighted by atomic mass is 10.1. The van der Waals surface area contributed by atoms with Gasteiger partial charge in [-0.3, -0.25) is 9.29 Å². The molecule has 2 aromatic carbocycles. The molecule has 6 heteroatoms. The minimum atomic E-state index is -3.49. The minimum absolute atomic E-state index is 0.145. The van der Waals surface area contributed by atoms with Crippen molar-refractivity contribution in [2.75, 3.05) is 10.6 Å². The fourth-order valence-corrected chi connectivity index (χ4v) is 3.33. The summed E-state index contributed by atoms with van der Waals surface area (Å²) in [6, 6.07) is 15.6. The van der Waals surface area contributed by atoms with Crippen LogP contribution >= 0.6 is 0 Å². The Morgan fingerprint density at radius 2 is 1.74 bits per heavy atom. The van der Waals surface area contributed by atoms with Gasteiger partial charge in [0.1, 0.15) is 5.75 Å². The smallest absolute Gasteiger partial charge is 0.232 e. The molecule has 0 amide bonds. The molecule has 0 radical (unpaired) electrons. The average Bonchev–Trinajstić information content (AvgIpc) is 2.53. The van der Waals surface area contributed by atoms with Crippen molar-refractivity contribution < 1.29 is 13.5 Å². The fraction of sp³-hybridized carbons (Fsp3) is 0.118. The quantitative estimate of drug-likeness (QED) is 0.799. The first-order chi connectivity index (χ1) is 10.9. The molecule has 3 aromatic rings. The predicted molar refractivity (Wildman–Crippen MR) is 90.9 cm³/mol. The lowest BCUT2D eigenvalue weighted by Gasteiger charge is -2.23. The summed E-state index contributed by atoms with van der Waals surface area (Å²) in [4.78, 5) is 4.33. The summed E-state index contributed by atoms with van der Waals surface area (Å²) in [6.07, 6.45) is 2.82. The van der Waals surface area contributed by atoms with E-state index in [2.05, 4.69) is 4.98 Å². The highest BCUT2D eigenvalue weighted by atomic mass is 32.2. The summed E-state index contributed by atoms with van der Waals surface area (Å²) in [7, 11) is -3.49. The van der Waals surface area contributed by atoms with Crippen LogP contribution in [0.25, 0.3) is 10.9 Å². The zero-order chi connectivity index (χ0) is 16.4. The van der Waals surface area contributed by atoms with E-state index in [1.807, 2.05) is 24.3 Å². The number of benzene rings is 2. The van der Waals surface area contributed by atoms with Crippen LogP contribution in [0.3, 0.4) is 0 Å². The number of anilines is 1. The van der Waals surface area contributed by atoms with Gasteiger partial charge in [0.25, 0.3) is 0 Å². The van der Waals surface area contributed by atoms with Gasteiger partial charge in [-0.1, -0.05) is 30.3 Å². The maximum atomic E-state index is 12.3. The Balaban J connectivity index is 2.10. The second kappa shape index (κ2) is 5.89. The first-order valence-electron chi connectivity index (χ1n) is 7.04. The van der Waals surface area contributed by atoms with E-state index in [0.717, 1.165) is 10.9 Å². The Hall–Kier alpha value is -2.60. The second-order valence-electron chi connectivity index (χ2n) is 5.29. The number of rotatable bonds is 4. The van der Waals surface area contributed by atoms with Gasteiger partial charge in [0.15, 0.2) is 0 Å². The summed E-state index contributed by atoms with van der Waals surface area (Å²) in [5.41, 5.74) is 1.96. The summed E-state index contributed by atoms with van der Waals surface area (Å²) in [6.45, 7) is 0.175. The number of phenols is 1. The van der Waals surface area contributed by atoms with Crippen LogP contribution in [0.5, 0.6) is 5.75 Å². The molecule has 0 aliphatic rings. The highest BCUT2D eigenvalue weighted by Crippen LogP contribution is 2.28. The van der Waals surface area contributed by atoms with E-state index in [9.17, 15) is 13.5 Å². The minimum Gasteiger partial charge on any atom is -0.508 e. The van der Waals surface area contributed by atoms with Crippen molar-refractivity contribution >= 4 is 26.6 Å². The molecule has 23 heavy (non-hydrogen) atoms. The van der Waals surface area contributed by atoms with Crippen molar-refractivity contribution in [1.82, 2.24) is 4.98 Å². The van der Waals surface area contributed by atoms with E-state index in [1.165, 1.54) is 22.7 Å². The van der Waals surface area contributed by atoms with Crippen LogP contribution < -0.4 is 4.31 Å². The molecule has 0 aliphatic heterocycles. The molecule has 0 aliphatic carbocycles. The topological polar surface area (TPSA) is 70.5 Å². The molecule has 0 spiro atoms. The van der Waals surface area contributed by atoms with Crippen LogP contribution in [-0.2, 0) is 16.6 Å². The van der Waals surface area contributed by atoms with Crippen LogP contribution in [0, 0.1) is 0 Å². The molecule has 3 rings (SSSR count). The summed E-state index contributed by atoms with van der Waals surface area (Å²) >= 11 is 0. The number of sulfonamides is 1. The summed E-state index contributed by atoms with van der Waals surface area (Å²) < 4.78 is 25.9. The SMILES string of the molecule is CS(=O)(=O)N(Cc1ccc(O)cc1)c1cccc2cccnc12. The Morgan fingerprint density at radius 1 is 1.04 bits per heavy atom. The molecule has 1 aromatic heterocycles. The standard InChI is InChI=1S/C17H16N2O3S/c1-23(21,22)19(12-13-7-9-15(20)10-8-13)16-6-2-4-14-5-3-11-18-17(14)16/h2-11,20H,12H2,1H3. The molecule has 0 saturated heterocycles. The van der Waals surface area contributed by atoms with E-state index >= 15 is 0 Å². The van der Waals surface area contributed by atoms with Crippen molar-refractivity contribution in [3.05, 3.63) is 66.4 Å². The molecule has 1 N–H and O–H groups in total. The number of pyridine rings is 1. The van der Waals surface area contributed by atoms with E-state index in [0.29, 0.717) is 11.2 Å². The van der Waals surface area contributed by atoms with Crippen molar-refractivity contribution in [1.29, 1.82) is 0 Å². The number of aromatic nitrogens is 1. The van der Waals surface area contributed by atoms with Gasteiger partial charge < -0.3 is 5.11 Å². The van der Waals surface area contributed by atoms with Crippen LogP contribution in [-0.4, -0.2) is 24.8 Å². The Kier molecular flexibility index (Phi) is 3.92. The lowest BCUT2D eigenvalue weighted by molar-refractivity contribution is 0.475. The van der Waals surface area contributed by atoms with Crippen molar-refractivity contribution in [3.8, 4) is 5.75 Å². The van der Waals surface area contributed by atoms with Gasteiger partial charge in [-0.25, -0.2) is 8.42 Å². The molecule has 118 valence electrons. The number of nitrogens with zero attached hydrogens (tertiary/aromatic N) is 2. The highest BCUT2D eigenvalue weighted by molar-refractivity contribution is 7.92. The normalized spacial score (nSPS) is 11.5. The number of aromatic hydroxyl groups is 1. The zero-order valence-electron chi connectivity index (χ0n) is 12.5. The Bertz CT molecular complexity index is 932. The number of hydrogen-bond donors (Lipinski definition) is 1. The molecule has 5 nitrogen and oxygen atoms in total. The molecule has 0 unspecified atom stereocenters. The van der Waals surface area contributed by atoms with Crippen LogP contribution in [0.4, 0.5) is 5.69 Å². The third kappa shape index (κ3) is 3.27. The van der Waals surface area contributed by atoms with Gasteiger partial charge in [-0.2, -0.15) is 0 Å². The first kappa shape index (κ1) is 15.3. The van der Waals surface area contributed by atoms with Crippen molar-refractivity contribution in [3.63, 3.8) is 0 Å². The van der Waals surface area contributed by atoms with Crippen LogP contribution in [0.1, 0.15) is 5.56 Å². The predicted octanol–water partition coefficient (Wildman–Crippen LogP) is 2.91. The number of hydrogen-bond acceptors (Lipinski definition) is 4. The second-order valence-corrected chi connectivity index (χ2v) is 7.20. The van der Waals surface area contributed by atoms with Gasteiger partial charge in [-0.15, -0.1) is 0 Å². The van der Waals surface area contributed by atoms with Crippen molar-refractivity contribution in [2.24, 2.45) is 0 Å². The Labute approximate surface area is 134 Å². The molecule has 0 saturated carbocycles. The third-order valence-electron chi connectivity index (χ3n) is 3.54. The van der Waals surface area contributed by atoms with Gasteiger partial charge in [0.05, 0.1) is 24.0 Å². The van der Waals surface area contributed by atoms with E-state index in [-0.39, 0.29) is 12.3 Å². The summed E-state index contributed by atoms with van der Waals surface area (Å²) in [5.74, 6) is 0.145. The van der Waals surface area contributed by atoms with Gasteiger partial charge in [0, 0.05) is 11.6 Å². The monoisotopic (exact) mass is 328 g/mol. The molecule has 0 atom stereocenters.